The highest BCUT2D eigenvalue weighted by atomic mass is 28.3. The summed E-state index contributed by atoms with van der Waals surface area (Å²) in [5.74, 6) is 0. The Labute approximate surface area is 142 Å². The van der Waals surface area contributed by atoms with Gasteiger partial charge in [-0.25, -0.2) is 4.99 Å². The molecule has 5 heteroatoms. The number of oxime groups is 1. The summed E-state index contributed by atoms with van der Waals surface area (Å²) >= 11 is 0. The maximum absolute atomic E-state index is 5.40. The van der Waals surface area contributed by atoms with E-state index in [9.17, 15) is 0 Å². The second-order valence-corrected chi connectivity index (χ2v) is 12.8. The van der Waals surface area contributed by atoms with Crippen molar-refractivity contribution in [1.29, 1.82) is 0 Å². The van der Waals surface area contributed by atoms with E-state index in [-0.39, 0.29) is 0 Å². The van der Waals surface area contributed by atoms with Gasteiger partial charge in [0, 0.05) is 21.7 Å². The van der Waals surface area contributed by atoms with Crippen molar-refractivity contribution in [1.82, 2.24) is 4.90 Å². The second-order valence-electron chi connectivity index (χ2n) is 7.19. The standard InChI is InChI=1S/C18H31N3OSi/c1-8-21(4)14-19-18-12-15(2)17(11-16(18)3)13-20-22-9-10-23(5,6)7/h11-14H,8-10H2,1-7H3. The first kappa shape index (κ1) is 19.4. The van der Waals surface area contributed by atoms with E-state index in [1.165, 1.54) is 0 Å². The molecule has 0 spiro atoms. The summed E-state index contributed by atoms with van der Waals surface area (Å²) in [4.78, 5) is 12.0. The Hall–Kier alpha value is -1.62. The Bertz CT molecular complexity index is 562. The third-order valence-electron chi connectivity index (χ3n) is 3.69. The van der Waals surface area contributed by atoms with Crippen LogP contribution in [0.25, 0.3) is 0 Å². The number of hydrogen-bond donors (Lipinski definition) is 0. The summed E-state index contributed by atoms with van der Waals surface area (Å²) in [6.45, 7) is 14.9. The van der Waals surface area contributed by atoms with E-state index in [1.807, 2.05) is 13.4 Å². The fraction of sp³-hybridized carbons (Fsp3) is 0.556. The average Bonchev–Trinajstić information content (AvgIpc) is 2.46. The lowest BCUT2D eigenvalue weighted by molar-refractivity contribution is 0.159. The number of aryl methyl sites for hydroxylation is 2. The average molecular weight is 334 g/mol. The van der Waals surface area contributed by atoms with Gasteiger partial charge in [-0.15, -0.1) is 0 Å². The van der Waals surface area contributed by atoms with E-state index in [4.69, 9.17) is 4.84 Å². The van der Waals surface area contributed by atoms with E-state index in [2.05, 4.69) is 67.6 Å². The van der Waals surface area contributed by atoms with Crippen molar-refractivity contribution in [2.75, 3.05) is 20.2 Å². The normalized spacial score (nSPS) is 12.3. The molecule has 0 radical (unpaired) electrons. The molecular weight excluding hydrogens is 302 g/mol. The highest BCUT2D eigenvalue weighted by Gasteiger charge is 2.12. The minimum Gasteiger partial charge on any atom is -0.396 e. The van der Waals surface area contributed by atoms with Crippen LogP contribution in [0.4, 0.5) is 5.69 Å². The molecule has 0 aliphatic rings. The van der Waals surface area contributed by atoms with Gasteiger partial charge in [0.15, 0.2) is 0 Å². The smallest absolute Gasteiger partial charge is 0.114 e. The zero-order chi connectivity index (χ0) is 17.5. The molecule has 0 saturated carbocycles. The van der Waals surface area contributed by atoms with Gasteiger partial charge in [0.1, 0.15) is 6.61 Å². The van der Waals surface area contributed by atoms with E-state index in [0.29, 0.717) is 6.61 Å². The van der Waals surface area contributed by atoms with Gasteiger partial charge < -0.3 is 9.74 Å². The van der Waals surface area contributed by atoms with Crippen molar-refractivity contribution in [3.8, 4) is 0 Å². The number of rotatable bonds is 8. The molecular formula is C18H31N3OSi. The van der Waals surface area contributed by atoms with Crippen molar-refractivity contribution in [3.05, 3.63) is 28.8 Å². The molecule has 0 N–H and O–H groups in total. The maximum Gasteiger partial charge on any atom is 0.114 e. The predicted molar refractivity (Wildman–Crippen MR) is 104 cm³/mol. The van der Waals surface area contributed by atoms with Crippen LogP contribution < -0.4 is 0 Å². The molecule has 0 unspecified atom stereocenters. The first-order chi connectivity index (χ1) is 10.7. The van der Waals surface area contributed by atoms with Crippen molar-refractivity contribution in [2.45, 2.75) is 46.5 Å². The van der Waals surface area contributed by atoms with E-state index in [1.54, 1.807) is 6.21 Å². The first-order valence-electron chi connectivity index (χ1n) is 8.24. The molecule has 0 aliphatic carbocycles. The van der Waals surface area contributed by atoms with Crippen LogP contribution in [0.15, 0.2) is 22.3 Å². The summed E-state index contributed by atoms with van der Waals surface area (Å²) in [6, 6.07) is 5.33. The highest BCUT2D eigenvalue weighted by Crippen LogP contribution is 2.22. The van der Waals surface area contributed by atoms with Crippen LogP contribution in [0.5, 0.6) is 0 Å². The number of benzene rings is 1. The Kier molecular flexibility index (Phi) is 7.49. The molecule has 0 fully saturated rings. The van der Waals surface area contributed by atoms with Gasteiger partial charge in [0.25, 0.3) is 0 Å². The Morgan fingerprint density at radius 3 is 2.48 bits per heavy atom. The topological polar surface area (TPSA) is 37.2 Å². The summed E-state index contributed by atoms with van der Waals surface area (Å²) in [6.07, 6.45) is 3.67. The molecule has 0 aliphatic heterocycles. The molecule has 1 aromatic carbocycles. The fourth-order valence-corrected chi connectivity index (χ4v) is 2.55. The molecule has 0 bridgehead atoms. The van der Waals surface area contributed by atoms with E-state index < -0.39 is 8.07 Å². The maximum atomic E-state index is 5.40. The summed E-state index contributed by atoms with van der Waals surface area (Å²) in [5, 5.41) is 4.11. The third kappa shape index (κ3) is 7.46. The van der Waals surface area contributed by atoms with E-state index >= 15 is 0 Å². The lowest BCUT2D eigenvalue weighted by Gasteiger charge is -2.13. The van der Waals surface area contributed by atoms with Crippen LogP contribution in [0.3, 0.4) is 0 Å². The van der Waals surface area contributed by atoms with E-state index in [0.717, 1.165) is 35.0 Å². The van der Waals surface area contributed by atoms with Crippen molar-refractivity contribution in [3.63, 3.8) is 0 Å². The van der Waals surface area contributed by atoms with Crippen molar-refractivity contribution < 1.29 is 4.84 Å². The zero-order valence-electron chi connectivity index (χ0n) is 15.7. The fourth-order valence-electron chi connectivity index (χ4n) is 1.84. The third-order valence-corrected chi connectivity index (χ3v) is 5.39. The van der Waals surface area contributed by atoms with Gasteiger partial charge in [-0.3, -0.25) is 0 Å². The van der Waals surface area contributed by atoms with Crippen LogP contribution in [0, 0.1) is 13.8 Å². The minimum absolute atomic E-state index is 0.704. The van der Waals surface area contributed by atoms with Gasteiger partial charge in [-0.1, -0.05) is 24.8 Å². The van der Waals surface area contributed by atoms with Crippen molar-refractivity contribution in [2.24, 2.45) is 10.1 Å². The second kappa shape index (κ2) is 8.87. The Morgan fingerprint density at radius 1 is 1.17 bits per heavy atom. The van der Waals surface area contributed by atoms with Crippen LogP contribution in [-0.4, -0.2) is 45.7 Å². The molecule has 0 aromatic heterocycles. The van der Waals surface area contributed by atoms with Crippen LogP contribution in [0.2, 0.25) is 25.7 Å². The molecule has 23 heavy (non-hydrogen) atoms. The molecule has 0 saturated heterocycles. The zero-order valence-corrected chi connectivity index (χ0v) is 16.7. The SMILES string of the molecule is CCN(C)C=Nc1cc(C)c(C=NOCC[Si](C)(C)C)cc1C. The molecule has 0 heterocycles. The molecule has 0 amide bonds. The largest absolute Gasteiger partial charge is 0.396 e. The minimum atomic E-state index is -1.05. The predicted octanol–water partition coefficient (Wildman–Crippen LogP) is 4.60. The number of aliphatic imine (C=N–C) groups is 1. The monoisotopic (exact) mass is 333 g/mol. The number of nitrogens with zero attached hydrogens (tertiary/aromatic N) is 3. The lowest BCUT2D eigenvalue weighted by atomic mass is 10.0. The first-order valence-corrected chi connectivity index (χ1v) is 11.9. The summed E-state index contributed by atoms with van der Waals surface area (Å²) in [5.41, 5.74) is 4.37. The van der Waals surface area contributed by atoms with Gasteiger partial charge in [-0.05, 0) is 55.6 Å². The molecule has 1 aromatic rings. The number of hydrogen-bond acceptors (Lipinski definition) is 3. The van der Waals surface area contributed by atoms with Gasteiger partial charge in [0.2, 0.25) is 0 Å². The van der Waals surface area contributed by atoms with Crippen LogP contribution in [-0.2, 0) is 4.84 Å². The Morgan fingerprint density at radius 2 is 1.87 bits per heavy atom. The van der Waals surface area contributed by atoms with Crippen molar-refractivity contribution >= 4 is 26.3 Å². The molecule has 4 nitrogen and oxygen atoms in total. The lowest BCUT2D eigenvalue weighted by Crippen LogP contribution is -2.21. The van der Waals surface area contributed by atoms with Gasteiger partial charge in [-0.2, -0.15) is 0 Å². The molecule has 128 valence electrons. The Balaban J connectivity index is 2.71. The molecule has 1 rings (SSSR count). The highest BCUT2D eigenvalue weighted by molar-refractivity contribution is 6.76. The molecule has 0 atom stereocenters. The quantitative estimate of drug-likeness (QED) is 0.229. The summed E-state index contributed by atoms with van der Waals surface area (Å²) < 4.78 is 0. The van der Waals surface area contributed by atoms with Crippen LogP contribution in [0.1, 0.15) is 23.6 Å². The van der Waals surface area contributed by atoms with Gasteiger partial charge >= 0.3 is 0 Å². The van der Waals surface area contributed by atoms with Crippen LogP contribution >= 0.6 is 0 Å². The summed E-state index contributed by atoms with van der Waals surface area (Å²) in [7, 11) is 0.964. The van der Waals surface area contributed by atoms with Gasteiger partial charge in [0.05, 0.1) is 18.2 Å².